The molecule has 1 aromatic heterocycles. The molecule has 1 heterocycles. The summed E-state index contributed by atoms with van der Waals surface area (Å²) in [6.45, 7) is 4.26. The van der Waals surface area contributed by atoms with Gasteiger partial charge in [-0.15, -0.1) is 12.4 Å². The van der Waals surface area contributed by atoms with E-state index in [2.05, 4.69) is 10.1 Å². The van der Waals surface area contributed by atoms with E-state index in [1.165, 1.54) is 6.07 Å². The number of aromatic nitrogens is 2. The molecular weight excluding hydrogens is 296 g/mol. The third-order valence-electron chi connectivity index (χ3n) is 3.51. The molecule has 0 aliphatic heterocycles. The molecule has 1 aromatic carbocycles. The van der Waals surface area contributed by atoms with Crippen LogP contribution in [0.25, 0.3) is 11.4 Å². The van der Waals surface area contributed by atoms with Gasteiger partial charge in [0.25, 0.3) is 5.69 Å². The van der Waals surface area contributed by atoms with Crippen molar-refractivity contribution in [3.63, 3.8) is 0 Å². The van der Waals surface area contributed by atoms with E-state index in [-0.39, 0.29) is 23.9 Å². The largest absolute Gasteiger partial charge is 0.338 e. The van der Waals surface area contributed by atoms with Crippen LogP contribution in [-0.4, -0.2) is 21.6 Å². The van der Waals surface area contributed by atoms with Crippen LogP contribution in [-0.2, 0) is 5.41 Å². The van der Waals surface area contributed by atoms with Gasteiger partial charge < -0.3 is 10.3 Å². The van der Waals surface area contributed by atoms with Crippen molar-refractivity contribution in [1.82, 2.24) is 10.1 Å². The molecule has 0 saturated carbocycles. The molecule has 0 spiro atoms. The summed E-state index contributed by atoms with van der Waals surface area (Å²) in [5, 5.41) is 14.9. The Kier molecular flexibility index (Phi) is 5.40. The van der Waals surface area contributed by atoms with Crippen molar-refractivity contribution < 1.29 is 9.45 Å². The maximum absolute atomic E-state index is 11.0. The number of nitro groups is 1. The highest BCUT2D eigenvalue weighted by atomic mass is 35.5. The smallest absolute Gasteiger partial charge is 0.280 e. The van der Waals surface area contributed by atoms with Gasteiger partial charge in [0.15, 0.2) is 0 Å². The van der Waals surface area contributed by atoms with E-state index in [0.717, 1.165) is 6.42 Å². The number of nitrogens with zero attached hydrogens (tertiary/aromatic N) is 3. The Morgan fingerprint density at radius 2 is 2.10 bits per heavy atom. The molecule has 21 heavy (non-hydrogen) atoms. The van der Waals surface area contributed by atoms with Crippen LogP contribution in [0.2, 0.25) is 0 Å². The van der Waals surface area contributed by atoms with E-state index >= 15 is 0 Å². The molecule has 0 aliphatic carbocycles. The van der Waals surface area contributed by atoms with Crippen LogP contribution in [0.15, 0.2) is 28.8 Å². The van der Waals surface area contributed by atoms with Gasteiger partial charge in [0, 0.05) is 12.6 Å². The Balaban J connectivity index is 0.00000220. The number of rotatable bonds is 5. The standard InChI is InChI=1S/C13H16N4O3.ClH/c1-3-13(2,8-14)12-15-11(16-20-12)9-6-4-5-7-10(9)17(18)19;/h4-7H,3,8,14H2,1-2H3;1H. The first-order chi connectivity index (χ1) is 9.51. The fourth-order valence-corrected chi connectivity index (χ4v) is 1.78. The fraction of sp³-hybridized carbons (Fsp3) is 0.385. The van der Waals surface area contributed by atoms with Gasteiger partial charge in [-0.3, -0.25) is 10.1 Å². The zero-order chi connectivity index (χ0) is 14.8. The SMILES string of the molecule is CCC(C)(CN)c1nc(-c2ccccc2[N+](=O)[O-])no1.Cl. The van der Waals surface area contributed by atoms with Crippen LogP contribution in [0.4, 0.5) is 5.69 Å². The Morgan fingerprint density at radius 3 is 2.67 bits per heavy atom. The van der Waals surface area contributed by atoms with Crippen molar-refractivity contribution >= 4 is 18.1 Å². The minimum absolute atomic E-state index is 0. The second kappa shape index (κ2) is 6.64. The van der Waals surface area contributed by atoms with Gasteiger partial charge in [-0.2, -0.15) is 4.98 Å². The van der Waals surface area contributed by atoms with Crippen LogP contribution in [0.5, 0.6) is 0 Å². The van der Waals surface area contributed by atoms with E-state index in [1.54, 1.807) is 18.2 Å². The third-order valence-corrected chi connectivity index (χ3v) is 3.51. The van der Waals surface area contributed by atoms with Gasteiger partial charge in [-0.1, -0.05) is 24.2 Å². The molecule has 2 aromatic rings. The van der Waals surface area contributed by atoms with E-state index in [1.807, 2.05) is 13.8 Å². The highest BCUT2D eigenvalue weighted by molar-refractivity contribution is 5.85. The summed E-state index contributed by atoms with van der Waals surface area (Å²) in [5.74, 6) is 0.607. The Morgan fingerprint density at radius 1 is 1.43 bits per heavy atom. The van der Waals surface area contributed by atoms with Crippen LogP contribution < -0.4 is 5.73 Å². The number of hydrogen-bond acceptors (Lipinski definition) is 6. The fourth-order valence-electron chi connectivity index (χ4n) is 1.78. The maximum atomic E-state index is 11.0. The Labute approximate surface area is 128 Å². The van der Waals surface area contributed by atoms with E-state index in [0.29, 0.717) is 18.0 Å². The first-order valence-corrected chi connectivity index (χ1v) is 6.30. The lowest BCUT2D eigenvalue weighted by molar-refractivity contribution is -0.384. The molecule has 8 heteroatoms. The minimum Gasteiger partial charge on any atom is -0.338 e. The lowest BCUT2D eigenvalue weighted by atomic mass is 9.88. The summed E-state index contributed by atoms with van der Waals surface area (Å²) in [6.07, 6.45) is 0.738. The summed E-state index contributed by atoms with van der Waals surface area (Å²) in [7, 11) is 0. The van der Waals surface area contributed by atoms with E-state index < -0.39 is 10.3 Å². The monoisotopic (exact) mass is 312 g/mol. The van der Waals surface area contributed by atoms with Crippen molar-refractivity contribution in [3.8, 4) is 11.4 Å². The topological polar surface area (TPSA) is 108 Å². The van der Waals surface area contributed by atoms with Crippen molar-refractivity contribution in [2.45, 2.75) is 25.7 Å². The lowest BCUT2D eigenvalue weighted by Gasteiger charge is -2.20. The number of hydrogen-bond donors (Lipinski definition) is 1. The number of nitro benzene ring substituents is 1. The van der Waals surface area contributed by atoms with E-state index in [9.17, 15) is 10.1 Å². The van der Waals surface area contributed by atoms with Crippen LogP contribution in [0, 0.1) is 10.1 Å². The summed E-state index contributed by atoms with van der Waals surface area (Å²) in [4.78, 5) is 14.8. The highest BCUT2D eigenvalue weighted by Crippen LogP contribution is 2.30. The molecule has 0 saturated heterocycles. The van der Waals surface area contributed by atoms with Crippen LogP contribution >= 0.6 is 12.4 Å². The number of nitrogens with two attached hydrogens (primary N) is 1. The first kappa shape index (κ1) is 17.1. The Bertz CT molecular complexity index is 625. The first-order valence-electron chi connectivity index (χ1n) is 6.30. The average Bonchev–Trinajstić information content (AvgIpc) is 2.96. The molecule has 114 valence electrons. The van der Waals surface area contributed by atoms with E-state index in [4.69, 9.17) is 10.3 Å². The van der Waals surface area contributed by atoms with Crippen molar-refractivity contribution in [2.75, 3.05) is 6.54 Å². The molecule has 0 bridgehead atoms. The average molecular weight is 313 g/mol. The molecule has 0 amide bonds. The summed E-state index contributed by atoms with van der Waals surface area (Å²) in [6, 6.07) is 6.30. The molecule has 1 atom stereocenters. The second-order valence-corrected chi connectivity index (χ2v) is 4.82. The van der Waals surface area contributed by atoms with Crippen LogP contribution in [0.3, 0.4) is 0 Å². The van der Waals surface area contributed by atoms with Crippen LogP contribution in [0.1, 0.15) is 26.2 Å². The molecule has 7 nitrogen and oxygen atoms in total. The number of halogens is 1. The van der Waals surface area contributed by atoms with Gasteiger partial charge in [0.1, 0.15) is 5.56 Å². The third kappa shape index (κ3) is 3.20. The van der Waals surface area contributed by atoms with Gasteiger partial charge >= 0.3 is 0 Å². The quantitative estimate of drug-likeness (QED) is 0.671. The van der Waals surface area contributed by atoms with Gasteiger partial charge in [-0.25, -0.2) is 0 Å². The second-order valence-electron chi connectivity index (χ2n) is 4.82. The maximum Gasteiger partial charge on any atom is 0.280 e. The lowest BCUT2D eigenvalue weighted by Crippen LogP contribution is -2.31. The van der Waals surface area contributed by atoms with Crippen molar-refractivity contribution in [2.24, 2.45) is 5.73 Å². The Hall–Kier alpha value is -1.99. The molecule has 0 fully saturated rings. The normalized spacial score (nSPS) is 13.3. The molecular formula is C13H17ClN4O3. The zero-order valence-electron chi connectivity index (χ0n) is 11.8. The van der Waals surface area contributed by atoms with Crippen molar-refractivity contribution in [3.05, 3.63) is 40.3 Å². The molecule has 2 N–H and O–H groups in total. The van der Waals surface area contributed by atoms with Gasteiger partial charge in [-0.05, 0) is 19.4 Å². The molecule has 1 unspecified atom stereocenters. The minimum atomic E-state index is -0.465. The van der Waals surface area contributed by atoms with Gasteiger partial charge in [0.2, 0.25) is 11.7 Å². The molecule has 0 aliphatic rings. The molecule has 2 rings (SSSR count). The summed E-state index contributed by atoms with van der Waals surface area (Å²) in [5.41, 5.74) is 5.60. The highest BCUT2D eigenvalue weighted by Gasteiger charge is 2.30. The van der Waals surface area contributed by atoms with Crippen molar-refractivity contribution in [1.29, 1.82) is 0 Å². The number of para-hydroxylation sites is 1. The predicted molar refractivity (Wildman–Crippen MR) is 80.3 cm³/mol. The van der Waals surface area contributed by atoms with Gasteiger partial charge in [0.05, 0.1) is 10.3 Å². The predicted octanol–water partition coefficient (Wildman–Crippen LogP) is 2.69. The zero-order valence-corrected chi connectivity index (χ0v) is 12.6. The molecule has 0 radical (unpaired) electrons. The number of benzene rings is 1. The summed E-state index contributed by atoms with van der Waals surface area (Å²) < 4.78 is 5.24. The summed E-state index contributed by atoms with van der Waals surface area (Å²) >= 11 is 0.